The van der Waals surface area contributed by atoms with Gasteiger partial charge >= 0.3 is 0 Å². The molecule has 0 saturated heterocycles. The van der Waals surface area contributed by atoms with Crippen molar-refractivity contribution in [2.45, 2.75) is 18.4 Å². The van der Waals surface area contributed by atoms with Crippen LogP contribution in [-0.2, 0) is 16.6 Å². The number of nitrogens with two attached hydrogens (primary N) is 1. The summed E-state index contributed by atoms with van der Waals surface area (Å²) >= 11 is 6.07. The minimum absolute atomic E-state index is 0.162. The fourth-order valence-corrected chi connectivity index (χ4v) is 3.89. The van der Waals surface area contributed by atoms with Crippen LogP contribution in [0.1, 0.15) is 12.5 Å². The number of nitrogens with zero attached hydrogens (tertiary/aromatic N) is 1. The van der Waals surface area contributed by atoms with Crippen LogP contribution in [-0.4, -0.2) is 15.0 Å². The molecule has 112 valence electrons. The Morgan fingerprint density at radius 1 is 1.14 bits per heavy atom. The highest BCUT2D eigenvalue weighted by Crippen LogP contribution is 2.26. The van der Waals surface area contributed by atoms with Crippen molar-refractivity contribution in [2.75, 3.05) is 10.8 Å². The van der Waals surface area contributed by atoms with Gasteiger partial charge in [-0.1, -0.05) is 35.9 Å². The lowest BCUT2D eigenvalue weighted by atomic mass is 10.2. The SMILES string of the molecule is CCN(c1ccccc1)S(=O)(=O)c1ccc(CN)c(Cl)c1. The molecule has 6 heteroatoms. The molecule has 0 heterocycles. The van der Waals surface area contributed by atoms with Gasteiger partial charge < -0.3 is 5.73 Å². The summed E-state index contributed by atoms with van der Waals surface area (Å²) in [6, 6.07) is 13.6. The van der Waals surface area contributed by atoms with Crippen LogP contribution in [0.5, 0.6) is 0 Å². The van der Waals surface area contributed by atoms with Crippen molar-refractivity contribution in [3.63, 3.8) is 0 Å². The molecule has 4 nitrogen and oxygen atoms in total. The molecule has 0 fully saturated rings. The molecule has 0 bridgehead atoms. The molecule has 0 unspecified atom stereocenters. The van der Waals surface area contributed by atoms with E-state index in [9.17, 15) is 8.42 Å². The van der Waals surface area contributed by atoms with E-state index in [1.165, 1.54) is 16.4 Å². The second-order valence-electron chi connectivity index (χ2n) is 4.46. The Labute approximate surface area is 130 Å². The van der Waals surface area contributed by atoms with Gasteiger partial charge in [0.25, 0.3) is 10.0 Å². The number of anilines is 1. The van der Waals surface area contributed by atoms with Crippen LogP contribution in [0.2, 0.25) is 5.02 Å². The van der Waals surface area contributed by atoms with Crippen molar-refractivity contribution in [1.82, 2.24) is 0 Å². The number of halogens is 1. The van der Waals surface area contributed by atoms with E-state index in [1.54, 1.807) is 37.3 Å². The van der Waals surface area contributed by atoms with Gasteiger partial charge in [0.05, 0.1) is 10.6 Å². The number of hydrogen-bond donors (Lipinski definition) is 1. The Morgan fingerprint density at radius 2 is 1.81 bits per heavy atom. The van der Waals surface area contributed by atoms with Crippen LogP contribution >= 0.6 is 11.6 Å². The highest BCUT2D eigenvalue weighted by molar-refractivity contribution is 7.92. The van der Waals surface area contributed by atoms with Crippen LogP contribution in [0.3, 0.4) is 0 Å². The minimum atomic E-state index is -3.64. The van der Waals surface area contributed by atoms with Crippen molar-refractivity contribution < 1.29 is 8.42 Å². The van der Waals surface area contributed by atoms with Crippen LogP contribution in [0.4, 0.5) is 5.69 Å². The van der Waals surface area contributed by atoms with E-state index in [4.69, 9.17) is 17.3 Å². The topological polar surface area (TPSA) is 63.4 Å². The molecule has 2 N–H and O–H groups in total. The quantitative estimate of drug-likeness (QED) is 0.919. The van der Waals surface area contributed by atoms with Gasteiger partial charge in [-0.25, -0.2) is 8.42 Å². The molecule has 0 aromatic heterocycles. The number of hydrogen-bond acceptors (Lipinski definition) is 3. The van der Waals surface area contributed by atoms with Crippen LogP contribution < -0.4 is 10.0 Å². The number of para-hydroxylation sites is 1. The fourth-order valence-electron chi connectivity index (χ4n) is 2.07. The maximum absolute atomic E-state index is 12.8. The molecule has 0 saturated carbocycles. The molecule has 2 aromatic rings. The van der Waals surface area contributed by atoms with Gasteiger partial charge in [0.15, 0.2) is 0 Å². The Bertz CT molecular complexity index is 718. The number of rotatable bonds is 5. The molecule has 0 spiro atoms. The van der Waals surface area contributed by atoms with Crippen molar-refractivity contribution in [3.8, 4) is 0 Å². The summed E-state index contributed by atoms with van der Waals surface area (Å²) < 4.78 is 26.9. The van der Waals surface area contributed by atoms with Gasteiger partial charge in [-0.05, 0) is 36.8 Å². The lowest BCUT2D eigenvalue weighted by Crippen LogP contribution is -2.30. The lowest BCUT2D eigenvalue weighted by Gasteiger charge is -2.23. The molecule has 2 aromatic carbocycles. The van der Waals surface area contributed by atoms with Crippen molar-refractivity contribution in [1.29, 1.82) is 0 Å². The van der Waals surface area contributed by atoms with Gasteiger partial charge in [-0.15, -0.1) is 0 Å². The average molecular weight is 325 g/mol. The summed E-state index contributed by atoms with van der Waals surface area (Å²) in [6.45, 7) is 2.40. The molecule has 0 atom stereocenters. The number of sulfonamides is 1. The summed E-state index contributed by atoms with van der Waals surface area (Å²) in [4.78, 5) is 0.162. The Morgan fingerprint density at radius 3 is 2.33 bits per heavy atom. The highest BCUT2D eigenvalue weighted by atomic mass is 35.5. The van der Waals surface area contributed by atoms with Gasteiger partial charge in [0, 0.05) is 18.1 Å². The smallest absolute Gasteiger partial charge is 0.264 e. The molecule has 0 aliphatic rings. The second kappa shape index (κ2) is 6.47. The number of benzene rings is 2. The lowest BCUT2D eigenvalue weighted by molar-refractivity contribution is 0.592. The summed E-state index contributed by atoms with van der Waals surface area (Å²) in [7, 11) is -3.64. The van der Waals surface area contributed by atoms with E-state index >= 15 is 0 Å². The molecule has 2 rings (SSSR count). The Kier molecular flexibility index (Phi) is 4.88. The molecular formula is C15H17ClN2O2S. The average Bonchev–Trinajstić information content (AvgIpc) is 2.48. The Hall–Kier alpha value is -1.56. The maximum atomic E-state index is 12.8. The first kappa shape index (κ1) is 15.8. The molecular weight excluding hydrogens is 308 g/mol. The van der Waals surface area contributed by atoms with Gasteiger partial charge in [0.2, 0.25) is 0 Å². The third-order valence-electron chi connectivity index (χ3n) is 3.16. The van der Waals surface area contributed by atoms with E-state index in [1.807, 2.05) is 6.07 Å². The van der Waals surface area contributed by atoms with Gasteiger partial charge in [-0.2, -0.15) is 0 Å². The first-order chi connectivity index (χ1) is 10.0. The van der Waals surface area contributed by atoms with Gasteiger partial charge in [-0.3, -0.25) is 4.31 Å². The predicted octanol–water partition coefficient (Wildman–Crippen LogP) is 3.01. The zero-order chi connectivity index (χ0) is 15.5. The molecule has 0 aliphatic carbocycles. The maximum Gasteiger partial charge on any atom is 0.264 e. The van der Waals surface area contributed by atoms with E-state index in [-0.39, 0.29) is 11.4 Å². The standard InChI is InChI=1S/C15H17ClN2O2S/c1-2-18(13-6-4-3-5-7-13)21(19,20)14-9-8-12(11-17)15(16)10-14/h3-10H,2,11,17H2,1H3. The summed E-state index contributed by atoms with van der Waals surface area (Å²) in [6.07, 6.45) is 0. The van der Waals surface area contributed by atoms with E-state index in [0.29, 0.717) is 17.3 Å². The third-order valence-corrected chi connectivity index (χ3v) is 5.41. The molecule has 0 amide bonds. The van der Waals surface area contributed by atoms with Crippen molar-refractivity contribution >= 4 is 27.3 Å². The van der Waals surface area contributed by atoms with Crippen molar-refractivity contribution in [3.05, 3.63) is 59.1 Å². The second-order valence-corrected chi connectivity index (χ2v) is 6.73. The first-order valence-corrected chi connectivity index (χ1v) is 8.38. The minimum Gasteiger partial charge on any atom is -0.326 e. The highest BCUT2D eigenvalue weighted by Gasteiger charge is 2.24. The normalized spacial score (nSPS) is 11.4. The predicted molar refractivity (Wildman–Crippen MR) is 86.0 cm³/mol. The zero-order valence-corrected chi connectivity index (χ0v) is 13.2. The summed E-state index contributed by atoms with van der Waals surface area (Å²) in [5, 5.41) is 0.364. The fraction of sp³-hybridized carbons (Fsp3) is 0.200. The first-order valence-electron chi connectivity index (χ1n) is 6.57. The van der Waals surface area contributed by atoms with E-state index in [2.05, 4.69) is 0 Å². The molecule has 21 heavy (non-hydrogen) atoms. The van der Waals surface area contributed by atoms with Gasteiger partial charge in [0.1, 0.15) is 0 Å². The Balaban J connectivity index is 2.47. The van der Waals surface area contributed by atoms with Crippen molar-refractivity contribution in [2.24, 2.45) is 5.73 Å². The van der Waals surface area contributed by atoms with E-state index < -0.39 is 10.0 Å². The zero-order valence-electron chi connectivity index (χ0n) is 11.7. The van der Waals surface area contributed by atoms with Crippen LogP contribution in [0.15, 0.2) is 53.4 Å². The molecule has 0 radical (unpaired) electrons. The summed E-state index contributed by atoms with van der Waals surface area (Å²) in [5.74, 6) is 0. The third kappa shape index (κ3) is 3.20. The monoisotopic (exact) mass is 324 g/mol. The van der Waals surface area contributed by atoms with Crippen LogP contribution in [0, 0.1) is 0 Å². The summed E-state index contributed by atoms with van der Waals surface area (Å²) in [5.41, 5.74) is 6.89. The molecule has 0 aliphatic heterocycles. The van der Waals surface area contributed by atoms with Crippen LogP contribution in [0.25, 0.3) is 0 Å². The van der Waals surface area contributed by atoms with E-state index in [0.717, 1.165) is 5.56 Å². The largest absolute Gasteiger partial charge is 0.326 e.